The van der Waals surface area contributed by atoms with E-state index in [4.69, 9.17) is 9.47 Å². The number of nitrogens with zero attached hydrogens (tertiary/aromatic N) is 4. The number of aryl methyl sites for hydroxylation is 1. The van der Waals surface area contributed by atoms with Crippen molar-refractivity contribution in [3.8, 4) is 17.4 Å². The van der Waals surface area contributed by atoms with Crippen molar-refractivity contribution >= 4 is 15.9 Å². The van der Waals surface area contributed by atoms with Gasteiger partial charge in [-0.15, -0.1) is 0 Å². The van der Waals surface area contributed by atoms with Gasteiger partial charge in [0.1, 0.15) is 11.4 Å². The topological polar surface area (TPSA) is 137 Å². The third-order valence-corrected chi connectivity index (χ3v) is 6.99. The van der Waals surface area contributed by atoms with E-state index < -0.39 is 10.0 Å². The van der Waals surface area contributed by atoms with Crippen LogP contribution in [0.25, 0.3) is 11.5 Å². The van der Waals surface area contributed by atoms with Gasteiger partial charge in [0, 0.05) is 38.4 Å². The summed E-state index contributed by atoms with van der Waals surface area (Å²) in [5.41, 5.74) is 0.905. The fourth-order valence-electron chi connectivity index (χ4n) is 4.34. The summed E-state index contributed by atoms with van der Waals surface area (Å²) in [6, 6.07) is 1.43. The number of sulfonamides is 1. The van der Waals surface area contributed by atoms with E-state index in [-0.39, 0.29) is 23.7 Å². The van der Waals surface area contributed by atoms with Gasteiger partial charge in [-0.05, 0) is 44.4 Å². The Balaban J connectivity index is 1.45. The predicted octanol–water partition coefficient (Wildman–Crippen LogP) is 1.27. The minimum atomic E-state index is -3.24. The van der Waals surface area contributed by atoms with Crippen LogP contribution in [0.1, 0.15) is 49.0 Å². The molecule has 2 N–H and O–H groups in total. The lowest BCUT2D eigenvalue weighted by Gasteiger charge is -2.29. The second-order valence-electron chi connectivity index (χ2n) is 9.08. The lowest BCUT2D eigenvalue weighted by atomic mass is 9.92. The monoisotopic (exact) mass is 492 g/mol. The van der Waals surface area contributed by atoms with Gasteiger partial charge in [-0.3, -0.25) is 4.79 Å². The second kappa shape index (κ2) is 10.8. The van der Waals surface area contributed by atoms with Crippen molar-refractivity contribution in [3.05, 3.63) is 24.3 Å². The molecule has 12 heteroatoms. The first-order valence-corrected chi connectivity index (χ1v) is 13.5. The molecule has 11 nitrogen and oxygen atoms in total. The molecule has 1 aliphatic heterocycles. The van der Waals surface area contributed by atoms with Crippen molar-refractivity contribution in [2.75, 3.05) is 26.1 Å². The Hall–Kier alpha value is -2.57. The van der Waals surface area contributed by atoms with Gasteiger partial charge in [0.2, 0.25) is 15.9 Å². The average Bonchev–Trinajstić information content (AvgIpc) is 3.24. The van der Waals surface area contributed by atoms with E-state index in [9.17, 15) is 13.2 Å². The maximum atomic E-state index is 13.1. The van der Waals surface area contributed by atoms with Gasteiger partial charge in [-0.1, -0.05) is 0 Å². The Morgan fingerprint density at radius 1 is 1.15 bits per heavy atom. The van der Waals surface area contributed by atoms with Crippen LogP contribution in [0.4, 0.5) is 0 Å². The van der Waals surface area contributed by atoms with Crippen LogP contribution in [-0.4, -0.2) is 72.0 Å². The van der Waals surface area contributed by atoms with E-state index >= 15 is 0 Å². The number of imidazole rings is 1. The van der Waals surface area contributed by atoms with E-state index in [2.05, 4.69) is 25.0 Å². The van der Waals surface area contributed by atoms with Crippen LogP contribution >= 0.6 is 0 Å². The summed E-state index contributed by atoms with van der Waals surface area (Å²) in [4.78, 5) is 26.2. The number of hydrogen-bond donors (Lipinski definition) is 2. The number of amides is 1. The number of nitrogens with one attached hydrogen (secondary N) is 2. The number of aromatic nitrogens is 4. The standard InChI is InChI=1S/C22H32N6O5S/c1-28-14-23-12-19(28)21-25-18(11-20(26-21)33-13-15-7-9-32-10-8-15)22(29)24-16-3-5-17(6-4-16)27-34(2,30)31/h11-12,14-17,27H,3-10,13H2,1-2H3,(H,24,29). The van der Waals surface area contributed by atoms with E-state index in [1.807, 2.05) is 7.05 Å². The molecule has 2 aliphatic rings. The Kier molecular flexibility index (Phi) is 7.79. The molecule has 2 aromatic rings. The lowest BCUT2D eigenvalue weighted by molar-refractivity contribution is 0.0490. The number of hydrogen-bond acceptors (Lipinski definition) is 8. The summed E-state index contributed by atoms with van der Waals surface area (Å²) in [7, 11) is -1.40. The molecule has 1 saturated heterocycles. The fourth-order valence-corrected chi connectivity index (χ4v) is 5.18. The van der Waals surface area contributed by atoms with Crippen LogP contribution in [0.5, 0.6) is 5.88 Å². The molecule has 3 heterocycles. The first kappa shape index (κ1) is 24.6. The van der Waals surface area contributed by atoms with Crippen molar-refractivity contribution in [3.63, 3.8) is 0 Å². The van der Waals surface area contributed by atoms with Crippen molar-refractivity contribution in [1.82, 2.24) is 29.6 Å². The number of ether oxygens (including phenoxy) is 2. The molecule has 34 heavy (non-hydrogen) atoms. The molecule has 0 atom stereocenters. The van der Waals surface area contributed by atoms with Gasteiger partial charge < -0.3 is 19.4 Å². The molecule has 0 bridgehead atoms. The van der Waals surface area contributed by atoms with Gasteiger partial charge in [0.05, 0.1) is 25.4 Å². The van der Waals surface area contributed by atoms with E-state index in [1.165, 1.54) is 0 Å². The Bertz CT molecular complexity index is 1090. The molecule has 4 rings (SSSR count). The molecule has 186 valence electrons. The minimum absolute atomic E-state index is 0.0492. The summed E-state index contributed by atoms with van der Waals surface area (Å²) < 4.78 is 38.8. The lowest BCUT2D eigenvalue weighted by Crippen LogP contribution is -2.43. The zero-order valence-corrected chi connectivity index (χ0v) is 20.4. The minimum Gasteiger partial charge on any atom is -0.477 e. The summed E-state index contributed by atoms with van der Waals surface area (Å²) in [6.07, 6.45) is 9.04. The fraction of sp³-hybridized carbons (Fsp3) is 0.636. The first-order valence-electron chi connectivity index (χ1n) is 11.6. The molecular formula is C22H32N6O5S. The molecule has 0 unspecified atom stereocenters. The number of rotatable bonds is 8. The maximum absolute atomic E-state index is 13.1. The molecule has 0 spiro atoms. The molecular weight excluding hydrogens is 460 g/mol. The van der Waals surface area contributed by atoms with Crippen molar-refractivity contribution in [1.29, 1.82) is 0 Å². The molecule has 1 aliphatic carbocycles. The Labute approximate surface area is 199 Å². The summed E-state index contributed by atoms with van der Waals surface area (Å²) in [5, 5.41) is 3.04. The highest BCUT2D eigenvalue weighted by atomic mass is 32.2. The van der Waals surface area contributed by atoms with Crippen LogP contribution in [0.2, 0.25) is 0 Å². The van der Waals surface area contributed by atoms with Gasteiger partial charge in [0.15, 0.2) is 5.82 Å². The van der Waals surface area contributed by atoms with Gasteiger partial charge in [0.25, 0.3) is 5.91 Å². The molecule has 1 saturated carbocycles. The zero-order valence-electron chi connectivity index (χ0n) is 19.6. The second-order valence-corrected chi connectivity index (χ2v) is 10.9. The normalized spacial score (nSPS) is 21.8. The molecule has 1 amide bonds. The molecule has 0 radical (unpaired) electrons. The molecule has 0 aromatic carbocycles. The SMILES string of the molecule is Cn1cncc1-c1nc(OCC2CCOCC2)cc(C(=O)NC2CCC(NS(C)(=O)=O)CC2)n1. The van der Waals surface area contributed by atoms with Gasteiger partial charge in [-0.25, -0.2) is 23.1 Å². The van der Waals surface area contributed by atoms with E-state index in [0.29, 0.717) is 55.6 Å². The highest BCUT2D eigenvalue weighted by Crippen LogP contribution is 2.23. The quantitative estimate of drug-likeness (QED) is 0.562. The summed E-state index contributed by atoms with van der Waals surface area (Å²) >= 11 is 0. The Morgan fingerprint density at radius 2 is 1.85 bits per heavy atom. The van der Waals surface area contributed by atoms with Gasteiger partial charge in [-0.2, -0.15) is 4.98 Å². The average molecular weight is 493 g/mol. The van der Waals surface area contributed by atoms with Crippen LogP contribution in [-0.2, 0) is 21.8 Å². The van der Waals surface area contributed by atoms with Crippen LogP contribution in [0.3, 0.4) is 0 Å². The number of carbonyl (C=O) groups excluding carboxylic acids is 1. The van der Waals surface area contributed by atoms with Crippen LogP contribution in [0.15, 0.2) is 18.6 Å². The Morgan fingerprint density at radius 3 is 2.50 bits per heavy atom. The van der Waals surface area contributed by atoms with E-state index in [1.54, 1.807) is 23.2 Å². The molecule has 2 aromatic heterocycles. The highest BCUT2D eigenvalue weighted by Gasteiger charge is 2.26. The molecule has 2 fully saturated rings. The van der Waals surface area contributed by atoms with Crippen LogP contribution < -0.4 is 14.8 Å². The third kappa shape index (κ3) is 6.73. The summed E-state index contributed by atoms with van der Waals surface area (Å²) in [6.45, 7) is 1.96. The van der Waals surface area contributed by atoms with Crippen molar-refractivity contribution in [2.45, 2.75) is 50.6 Å². The first-order chi connectivity index (χ1) is 16.3. The van der Waals surface area contributed by atoms with Crippen molar-refractivity contribution < 1.29 is 22.7 Å². The smallest absolute Gasteiger partial charge is 0.270 e. The van der Waals surface area contributed by atoms with E-state index in [0.717, 1.165) is 32.3 Å². The maximum Gasteiger partial charge on any atom is 0.270 e. The summed E-state index contributed by atoms with van der Waals surface area (Å²) in [5.74, 6) is 0.803. The number of carbonyl (C=O) groups is 1. The van der Waals surface area contributed by atoms with Crippen molar-refractivity contribution in [2.24, 2.45) is 13.0 Å². The van der Waals surface area contributed by atoms with Crippen LogP contribution in [0, 0.1) is 5.92 Å². The highest BCUT2D eigenvalue weighted by molar-refractivity contribution is 7.88. The predicted molar refractivity (Wildman–Crippen MR) is 125 cm³/mol. The largest absolute Gasteiger partial charge is 0.477 e. The van der Waals surface area contributed by atoms with Gasteiger partial charge >= 0.3 is 0 Å². The third-order valence-electron chi connectivity index (χ3n) is 6.23. The zero-order chi connectivity index (χ0) is 24.1.